The molecule has 0 aliphatic heterocycles. The summed E-state index contributed by atoms with van der Waals surface area (Å²) in [4.78, 5) is 7.83. The van der Waals surface area contributed by atoms with Crippen molar-refractivity contribution in [2.45, 2.75) is 12.6 Å². The molecule has 6 heteroatoms. The molecule has 18 heavy (non-hydrogen) atoms. The third kappa shape index (κ3) is 2.97. The number of anilines is 1. The van der Waals surface area contributed by atoms with E-state index in [0.717, 1.165) is 0 Å². The fourth-order valence-corrected chi connectivity index (χ4v) is 1.55. The summed E-state index contributed by atoms with van der Waals surface area (Å²) in [6.45, 7) is 0. The molecule has 2 rings (SSSR count). The van der Waals surface area contributed by atoms with Crippen molar-refractivity contribution in [3.8, 4) is 11.3 Å². The molecule has 0 aliphatic carbocycles. The van der Waals surface area contributed by atoms with Crippen molar-refractivity contribution in [3.63, 3.8) is 0 Å². The van der Waals surface area contributed by atoms with Gasteiger partial charge in [0.05, 0.1) is 17.8 Å². The number of nitrogens with zero attached hydrogens (tertiary/aromatic N) is 2. The maximum absolute atomic E-state index is 12.3. The van der Waals surface area contributed by atoms with Crippen LogP contribution >= 0.6 is 0 Å². The molecule has 0 spiro atoms. The van der Waals surface area contributed by atoms with Crippen molar-refractivity contribution in [2.75, 3.05) is 5.73 Å². The maximum Gasteiger partial charge on any atom is 0.394 e. The first-order valence-corrected chi connectivity index (χ1v) is 5.18. The van der Waals surface area contributed by atoms with Gasteiger partial charge >= 0.3 is 6.18 Å². The van der Waals surface area contributed by atoms with Gasteiger partial charge in [-0.2, -0.15) is 13.2 Å². The van der Waals surface area contributed by atoms with Gasteiger partial charge in [-0.3, -0.25) is 9.97 Å². The van der Waals surface area contributed by atoms with Crippen molar-refractivity contribution < 1.29 is 13.2 Å². The molecule has 3 nitrogen and oxygen atoms in total. The standard InChI is InChI=1S/C12H10F3N3/c13-12(14,15)6-8-2-1-3-11(18-8)9-7-17-5-4-10(9)16/h1-5,7H,6H2,(H2,16,17). The number of nitrogens with two attached hydrogens (primary N) is 1. The first-order valence-electron chi connectivity index (χ1n) is 5.18. The predicted octanol–water partition coefficient (Wildman–Crippen LogP) is 2.83. The van der Waals surface area contributed by atoms with E-state index in [2.05, 4.69) is 9.97 Å². The summed E-state index contributed by atoms with van der Waals surface area (Å²) in [6.07, 6.45) is -2.33. The van der Waals surface area contributed by atoms with Crippen LogP contribution in [0.2, 0.25) is 0 Å². The molecule has 0 amide bonds. The molecule has 0 unspecified atom stereocenters. The summed E-state index contributed by atoms with van der Waals surface area (Å²) in [6, 6.07) is 6.04. The lowest BCUT2D eigenvalue weighted by Crippen LogP contribution is -2.12. The van der Waals surface area contributed by atoms with E-state index in [1.807, 2.05) is 0 Å². The normalized spacial score (nSPS) is 11.5. The average molecular weight is 253 g/mol. The molecule has 0 bridgehead atoms. The molecule has 2 N–H and O–H groups in total. The van der Waals surface area contributed by atoms with Crippen molar-refractivity contribution in [1.29, 1.82) is 0 Å². The number of hydrogen-bond acceptors (Lipinski definition) is 3. The quantitative estimate of drug-likeness (QED) is 0.895. The molecule has 0 saturated heterocycles. The number of aromatic nitrogens is 2. The largest absolute Gasteiger partial charge is 0.398 e. The first-order chi connectivity index (χ1) is 8.46. The Labute approximate surface area is 101 Å². The van der Waals surface area contributed by atoms with Gasteiger partial charge in [-0.15, -0.1) is 0 Å². The Balaban J connectivity index is 2.36. The van der Waals surface area contributed by atoms with Crippen molar-refractivity contribution in [3.05, 3.63) is 42.4 Å². The molecule has 0 aromatic carbocycles. The highest BCUT2D eigenvalue weighted by molar-refractivity contribution is 5.72. The number of hydrogen-bond donors (Lipinski definition) is 1. The summed E-state index contributed by atoms with van der Waals surface area (Å²) >= 11 is 0. The zero-order valence-corrected chi connectivity index (χ0v) is 9.28. The molecule has 0 aliphatic rings. The third-order valence-corrected chi connectivity index (χ3v) is 2.32. The van der Waals surface area contributed by atoms with Gasteiger partial charge in [0, 0.05) is 23.6 Å². The fourth-order valence-electron chi connectivity index (χ4n) is 1.55. The Morgan fingerprint density at radius 3 is 2.61 bits per heavy atom. The van der Waals surface area contributed by atoms with Crippen LogP contribution in [-0.2, 0) is 6.42 Å². The minimum atomic E-state index is -4.27. The van der Waals surface area contributed by atoms with Crippen LogP contribution in [0.4, 0.5) is 18.9 Å². The molecule has 0 radical (unpaired) electrons. The van der Waals surface area contributed by atoms with Gasteiger partial charge in [-0.05, 0) is 18.2 Å². The molecule has 94 valence electrons. The van der Waals surface area contributed by atoms with Crippen molar-refractivity contribution >= 4 is 5.69 Å². The van der Waals surface area contributed by atoms with Gasteiger partial charge in [0.2, 0.25) is 0 Å². The van der Waals surface area contributed by atoms with Crippen LogP contribution in [-0.4, -0.2) is 16.1 Å². The lowest BCUT2D eigenvalue weighted by Gasteiger charge is -2.08. The van der Waals surface area contributed by atoms with Crippen LogP contribution < -0.4 is 5.73 Å². The summed E-state index contributed by atoms with van der Waals surface area (Å²) in [5, 5.41) is 0. The van der Waals surface area contributed by atoms with Crippen LogP contribution in [0, 0.1) is 0 Å². The fraction of sp³-hybridized carbons (Fsp3) is 0.167. The number of pyridine rings is 2. The highest BCUT2D eigenvalue weighted by Crippen LogP contribution is 2.25. The van der Waals surface area contributed by atoms with E-state index in [4.69, 9.17) is 5.73 Å². The minimum absolute atomic E-state index is 0.0387. The van der Waals surface area contributed by atoms with Crippen LogP contribution in [0.5, 0.6) is 0 Å². The Kier molecular flexibility index (Phi) is 3.18. The summed E-state index contributed by atoms with van der Waals surface area (Å²) < 4.78 is 36.8. The molecule has 2 aromatic rings. The second kappa shape index (κ2) is 4.64. The molecular formula is C12H10F3N3. The Morgan fingerprint density at radius 2 is 1.94 bits per heavy atom. The Morgan fingerprint density at radius 1 is 1.17 bits per heavy atom. The van der Waals surface area contributed by atoms with E-state index in [9.17, 15) is 13.2 Å². The molecule has 2 aromatic heterocycles. The van der Waals surface area contributed by atoms with Crippen LogP contribution in [0.25, 0.3) is 11.3 Å². The number of alkyl halides is 3. The first kappa shape index (κ1) is 12.3. The van der Waals surface area contributed by atoms with Crippen LogP contribution in [0.1, 0.15) is 5.69 Å². The van der Waals surface area contributed by atoms with Gasteiger partial charge < -0.3 is 5.73 Å². The van der Waals surface area contributed by atoms with E-state index in [0.29, 0.717) is 16.9 Å². The zero-order chi connectivity index (χ0) is 13.2. The Bertz CT molecular complexity index is 552. The maximum atomic E-state index is 12.3. The van der Waals surface area contributed by atoms with E-state index in [-0.39, 0.29) is 5.69 Å². The topological polar surface area (TPSA) is 51.8 Å². The van der Waals surface area contributed by atoms with Gasteiger partial charge in [0.15, 0.2) is 0 Å². The van der Waals surface area contributed by atoms with Gasteiger partial charge in [0.25, 0.3) is 0 Å². The lowest BCUT2D eigenvalue weighted by molar-refractivity contribution is -0.127. The number of halogens is 3. The van der Waals surface area contributed by atoms with E-state index >= 15 is 0 Å². The molecule has 2 heterocycles. The number of rotatable bonds is 2. The zero-order valence-electron chi connectivity index (χ0n) is 9.28. The van der Waals surface area contributed by atoms with Crippen LogP contribution in [0.3, 0.4) is 0 Å². The molecule has 0 atom stereocenters. The Hall–Kier alpha value is -2.11. The second-order valence-electron chi connectivity index (χ2n) is 3.77. The summed E-state index contributed by atoms with van der Waals surface area (Å²) in [5.41, 5.74) is 7.04. The average Bonchev–Trinajstić information content (AvgIpc) is 2.27. The van der Waals surface area contributed by atoms with Crippen molar-refractivity contribution in [2.24, 2.45) is 0 Å². The smallest absolute Gasteiger partial charge is 0.394 e. The highest BCUT2D eigenvalue weighted by Gasteiger charge is 2.28. The van der Waals surface area contributed by atoms with Crippen molar-refractivity contribution in [1.82, 2.24) is 9.97 Å². The van der Waals surface area contributed by atoms with Crippen LogP contribution in [0.15, 0.2) is 36.7 Å². The SMILES string of the molecule is Nc1ccncc1-c1cccc(CC(F)(F)F)n1. The second-order valence-corrected chi connectivity index (χ2v) is 3.77. The summed E-state index contributed by atoms with van der Waals surface area (Å²) in [7, 11) is 0. The molecule has 0 saturated carbocycles. The summed E-state index contributed by atoms with van der Waals surface area (Å²) in [5.74, 6) is 0. The molecule has 0 fully saturated rings. The third-order valence-electron chi connectivity index (χ3n) is 2.32. The number of nitrogen functional groups attached to an aromatic ring is 1. The van der Waals surface area contributed by atoms with E-state index in [1.54, 1.807) is 12.1 Å². The van der Waals surface area contributed by atoms with Gasteiger partial charge in [-0.25, -0.2) is 0 Å². The predicted molar refractivity (Wildman–Crippen MR) is 61.6 cm³/mol. The minimum Gasteiger partial charge on any atom is -0.398 e. The highest BCUT2D eigenvalue weighted by atomic mass is 19.4. The van der Waals surface area contributed by atoms with Gasteiger partial charge in [0.1, 0.15) is 0 Å². The van der Waals surface area contributed by atoms with E-state index in [1.165, 1.54) is 24.5 Å². The molecular weight excluding hydrogens is 243 g/mol. The van der Waals surface area contributed by atoms with Gasteiger partial charge in [-0.1, -0.05) is 6.07 Å². The lowest BCUT2D eigenvalue weighted by atomic mass is 10.1. The monoisotopic (exact) mass is 253 g/mol. The van der Waals surface area contributed by atoms with E-state index < -0.39 is 12.6 Å².